The number of rotatable bonds is 4. The predicted molar refractivity (Wildman–Crippen MR) is 121 cm³/mol. The maximum absolute atomic E-state index is 13.7. The van der Waals surface area contributed by atoms with E-state index in [1.165, 1.54) is 44.9 Å². The number of imidazole rings is 1. The average molecular weight is 499 g/mol. The van der Waals surface area contributed by atoms with Crippen LogP contribution in [0.2, 0.25) is 0 Å². The molecule has 1 aromatic carbocycles. The lowest BCUT2D eigenvalue weighted by Gasteiger charge is -2.42. The van der Waals surface area contributed by atoms with Gasteiger partial charge in [0.1, 0.15) is 6.04 Å². The quantitative estimate of drug-likeness (QED) is 0.519. The van der Waals surface area contributed by atoms with Gasteiger partial charge in [-0.3, -0.25) is 9.59 Å². The van der Waals surface area contributed by atoms with E-state index in [1.807, 2.05) is 24.3 Å². The van der Waals surface area contributed by atoms with Crippen LogP contribution in [-0.2, 0) is 6.54 Å². The molecule has 0 aliphatic heterocycles. The molecule has 5 rings (SSSR count). The maximum Gasteiger partial charge on any atom is 0.254 e. The molecule has 0 radical (unpaired) electrons. The number of halogens is 1. The van der Waals surface area contributed by atoms with E-state index in [0.717, 1.165) is 38.1 Å². The number of fused-ring (bicyclic) bond motifs is 2. The second-order valence-corrected chi connectivity index (χ2v) is 10.1. The molecule has 2 aromatic rings. The molecule has 2 fully saturated rings. The molecule has 5 heteroatoms. The molecular formula is C27H35BrN2O2. The standard InChI is InChI=1S/C27H35N2O2.BrH/c1-3-4-18-28-19(2)29(20-12-16-27(17-13-20)14-8-5-9-15-27)24-23(28)25(30)21-10-6-7-11-22(21)26(24)31;/h6-7,10-11,20H,3-5,8-9,12-18H2,1-2H3;1H/q+1;/p-1. The summed E-state index contributed by atoms with van der Waals surface area (Å²) in [6.07, 6.45) is 13.8. The van der Waals surface area contributed by atoms with E-state index in [4.69, 9.17) is 0 Å². The second-order valence-electron chi connectivity index (χ2n) is 10.1. The lowest BCUT2D eigenvalue weighted by Crippen LogP contribution is -3.00. The van der Waals surface area contributed by atoms with E-state index in [9.17, 15) is 9.59 Å². The minimum absolute atomic E-state index is 0. The highest BCUT2D eigenvalue weighted by atomic mass is 79.9. The predicted octanol–water partition coefficient (Wildman–Crippen LogP) is 2.73. The highest BCUT2D eigenvalue weighted by Gasteiger charge is 2.46. The zero-order chi connectivity index (χ0) is 21.6. The van der Waals surface area contributed by atoms with Crippen LogP contribution < -0.4 is 21.5 Å². The van der Waals surface area contributed by atoms with Gasteiger partial charge in [0.15, 0.2) is 0 Å². The van der Waals surface area contributed by atoms with Gasteiger partial charge in [0.2, 0.25) is 23.0 Å². The Kier molecular flexibility index (Phi) is 6.76. The Balaban J connectivity index is 0.00000245. The highest BCUT2D eigenvalue weighted by Crippen LogP contribution is 2.50. The molecular weight excluding hydrogens is 464 g/mol. The van der Waals surface area contributed by atoms with Gasteiger partial charge >= 0.3 is 0 Å². The minimum atomic E-state index is 0. The molecule has 1 spiro atoms. The summed E-state index contributed by atoms with van der Waals surface area (Å²) >= 11 is 0. The summed E-state index contributed by atoms with van der Waals surface area (Å²) in [5, 5.41) is 0. The van der Waals surface area contributed by atoms with Crippen LogP contribution in [0.5, 0.6) is 0 Å². The van der Waals surface area contributed by atoms with Gasteiger partial charge in [-0.2, -0.15) is 0 Å². The summed E-state index contributed by atoms with van der Waals surface area (Å²) in [4.78, 5) is 27.2. The lowest BCUT2D eigenvalue weighted by molar-refractivity contribution is -0.704. The van der Waals surface area contributed by atoms with Crippen LogP contribution in [0.3, 0.4) is 0 Å². The van der Waals surface area contributed by atoms with Crippen LogP contribution in [0.1, 0.15) is 122 Å². The summed E-state index contributed by atoms with van der Waals surface area (Å²) in [6.45, 7) is 5.09. The van der Waals surface area contributed by atoms with Crippen LogP contribution in [0.15, 0.2) is 24.3 Å². The van der Waals surface area contributed by atoms with Crippen molar-refractivity contribution in [2.24, 2.45) is 5.41 Å². The van der Waals surface area contributed by atoms with Gasteiger partial charge in [-0.25, -0.2) is 9.13 Å². The van der Waals surface area contributed by atoms with Crippen molar-refractivity contribution in [1.29, 1.82) is 0 Å². The fraction of sp³-hybridized carbons (Fsp3) is 0.593. The van der Waals surface area contributed by atoms with Crippen molar-refractivity contribution < 1.29 is 31.1 Å². The van der Waals surface area contributed by atoms with Gasteiger partial charge in [-0.1, -0.05) is 56.9 Å². The number of ketones is 2. The SMILES string of the molecule is CCCC[n+]1c2c(n(C3CCC4(CCCCC4)CC3)c1C)C(=O)c1ccccc1C2=O.[Br-]. The first kappa shape index (κ1) is 23.4. The van der Waals surface area contributed by atoms with Crippen molar-refractivity contribution in [3.63, 3.8) is 0 Å². The lowest BCUT2D eigenvalue weighted by atomic mass is 9.64. The number of hydrogen-bond donors (Lipinski definition) is 0. The first-order valence-electron chi connectivity index (χ1n) is 12.4. The molecule has 1 heterocycles. The van der Waals surface area contributed by atoms with E-state index in [1.54, 1.807) is 0 Å². The van der Waals surface area contributed by atoms with E-state index < -0.39 is 0 Å². The van der Waals surface area contributed by atoms with Crippen LogP contribution >= 0.6 is 0 Å². The topological polar surface area (TPSA) is 43.0 Å². The third-order valence-electron chi connectivity index (χ3n) is 8.35. The molecule has 0 bridgehead atoms. The summed E-state index contributed by atoms with van der Waals surface area (Å²) in [6, 6.07) is 7.68. The van der Waals surface area contributed by atoms with Crippen molar-refractivity contribution in [3.8, 4) is 0 Å². The molecule has 3 aliphatic rings. The number of benzene rings is 1. The normalized spacial score (nSPS) is 20.1. The summed E-state index contributed by atoms with van der Waals surface area (Å²) < 4.78 is 4.43. The van der Waals surface area contributed by atoms with Crippen molar-refractivity contribution in [3.05, 3.63) is 52.6 Å². The average Bonchev–Trinajstić information content (AvgIpc) is 3.09. The molecule has 32 heavy (non-hydrogen) atoms. The summed E-state index contributed by atoms with van der Waals surface area (Å²) in [7, 11) is 0. The van der Waals surface area contributed by atoms with E-state index in [2.05, 4.69) is 23.0 Å². The fourth-order valence-corrected chi connectivity index (χ4v) is 6.59. The number of carbonyl (C=O) groups excluding carboxylic acids is 2. The van der Waals surface area contributed by atoms with Gasteiger partial charge in [0.25, 0.3) is 5.82 Å². The Morgan fingerprint density at radius 2 is 1.59 bits per heavy atom. The smallest absolute Gasteiger partial charge is 0.254 e. The monoisotopic (exact) mass is 498 g/mol. The number of nitrogens with zero attached hydrogens (tertiary/aromatic N) is 2. The van der Waals surface area contributed by atoms with E-state index in [0.29, 0.717) is 34.0 Å². The van der Waals surface area contributed by atoms with Crippen LogP contribution in [0, 0.1) is 12.3 Å². The Morgan fingerprint density at radius 3 is 2.22 bits per heavy atom. The first-order valence-corrected chi connectivity index (χ1v) is 12.4. The molecule has 0 atom stereocenters. The summed E-state index contributed by atoms with van der Waals surface area (Å²) in [5.41, 5.74) is 2.96. The fourth-order valence-electron chi connectivity index (χ4n) is 6.59. The van der Waals surface area contributed by atoms with Crippen molar-refractivity contribution in [1.82, 2.24) is 4.57 Å². The van der Waals surface area contributed by atoms with E-state index in [-0.39, 0.29) is 28.5 Å². The number of hydrogen-bond acceptors (Lipinski definition) is 2. The molecule has 2 saturated carbocycles. The third kappa shape index (κ3) is 3.70. The van der Waals surface area contributed by atoms with Gasteiger partial charge in [-0.15, -0.1) is 0 Å². The first-order chi connectivity index (χ1) is 15.1. The Labute approximate surface area is 202 Å². The molecule has 3 aliphatic carbocycles. The second kappa shape index (κ2) is 9.24. The van der Waals surface area contributed by atoms with Gasteiger partial charge in [0.05, 0.1) is 6.54 Å². The zero-order valence-corrected chi connectivity index (χ0v) is 21.0. The van der Waals surface area contributed by atoms with Crippen molar-refractivity contribution in [2.45, 2.75) is 97.1 Å². The number of aromatic nitrogens is 2. The Hall–Kier alpha value is -1.75. The van der Waals surface area contributed by atoms with Crippen LogP contribution in [-0.4, -0.2) is 16.1 Å². The van der Waals surface area contributed by atoms with Crippen LogP contribution in [0.4, 0.5) is 0 Å². The molecule has 0 N–H and O–H groups in total. The van der Waals surface area contributed by atoms with Gasteiger partial charge in [0, 0.05) is 18.1 Å². The Bertz CT molecular complexity index is 1020. The maximum atomic E-state index is 13.7. The molecule has 0 unspecified atom stereocenters. The molecule has 1 aromatic heterocycles. The van der Waals surface area contributed by atoms with E-state index >= 15 is 0 Å². The molecule has 172 valence electrons. The summed E-state index contributed by atoms with van der Waals surface area (Å²) in [5.74, 6) is 1.13. The highest BCUT2D eigenvalue weighted by molar-refractivity contribution is 6.26. The molecule has 4 nitrogen and oxygen atoms in total. The van der Waals surface area contributed by atoms with Crippen LogP contribution in [0.25, 0.3) is 0 Å². The minimum Gasteiger partial charge on any atom is -1.00 e. The van der Waals surface area contributed by atoms with Gasteiger partial charge < -0.3 is 17.0 Å². The largest absolute Gasteiger partial charge is 1.00 e. The Morgan fingerprint density at radius 1 is 0.969 bits per heavy atom. The molecule has 0 saturated heterocycles. The van der Waals surface area contributed by atoms with Gasteiger partial charge in [-0.05, 0) is 50.4 Å². The van der Waals surface area contributed by atoms with Crippen molar-refractivity contribution in [2.75, 3.05) is 0 Å². The molecule has 0 amide bonds. The third-order valence-corrected chi connectivity index (χ3v) is 8.35. The zero-order valence-electron chi connectivity index (χ0n) is 19.5. The number of unbranched alkanes of at least 4 members (excludes halogenated alkanes) is 1. The van der Waals surface area contributed by atoms with Crippen molar-refractivity contribution >= 4 is 11.6 Å². The number of carbonyl (C=O) groups is 2.